The Morgan fingerprint density at radius 3 is 1.82 bits per heavy atom. The Morgan fingerprint density at radius 1 is 0.941 bits per heavy atom. The van der Waals surface area contributed by atoms with E-state index in [0.717, 1.165) is 17.5 Å². The second kappa shape index (κ2) is 4.83. The highest BCUT2D eigenvalue weighted by molar-refractivity contribution is 5.88. The van der Waals surface area contributed by atoms with Gasteiger partial charge >= 0.3 is 5.97 Å². The third-order valence-corrected chi connectivity index (χ3v) is 2.83. The molecule has 0 amide bonds. The van der Waals surface area contributed by atoms with E-state index in [1.54, 1.807) is 12.1 Å². The fraction of sp³-hybridized carbons (Fsp3) is 0.133. The quantitative estimate of drug-likeness (QED) is 0.868. The van der Waals surface area contributed by atoms with E-state index in [9.17, 15) is 4.79 Å². The SMILES string of the molecule is CCc1ccc(-c2ccc(C(=O)O)cc2)cc1. The van der Waals surface area contributed by atoms with E-state index in [2.05, 4.69) is 31.2 Å². The van der Waals surface area contributed by atoms with Gasteiger partial charge in [-0.1, -0.05) is 43.3 Å². The van der Waals surface area contributed by atoms with Crippen molar-refractivity contribution in [3.63, 3.8) is 0 Å². The average Bonchev–Trinajstić information content (AvgIpc) is 2.39. The van der Waals surface area contributed by atoms with Crippen molar-refractivity contribution in [2.75, 3.05) is 0 Å². The Kier molecular flexibility index (Phi) is 3.24. The first-order valence-electron chi connectivity index (χ1n) is 5.63. The van der Waals surface area contributed by atoms with Crippen molar-refractivity contribution in [2.45, 2.75) is 13.3 Å². The molecule has 2 rings (SSSR count). The van der Waals surface area contributed by atoms with E-state index in [0.29, 0.717) is 5.56 Å². The molecule has 0 aliphatic carbocycles. The summed E-state index contributed by atoms with van der Waals surface area (Å²) in [5.74, 6) is -0.891. The van der Waals surface area contributed by atoms with Crippen LogP contribution in [0.2, 0.25) is 0 Å². The standard InChI is InChI=1S/C15H14O2/c1-2-11-3-5-12(6-4-11)13-7-9-14(10-8-13)15(16)17/h3-10H,2H2,1H3,(H,16,17). The summed E-state index contributed by atoms with van der Waals surface area (Å²) in [6, 6.07) is 15.3. The summed E-state index contributed by atoms with van der Waals surface area (Å²) in [5.41, 5.74) is 3.77. The van der Waals surface area contributed by atoms with Gasteiger partial charge in [0.25, 0.3) is 0 Å². The molecule has 0 spiro atoms. The highest BCUT2D eigenvalue weighted by Crippen LogP contribution is 2.20. The highest BCUT2D eigenvalue weighted by Gasteiger charge is 2.02. The van der Waals surface area contributed by atoms with E-state index in [4.69, 9.17) is 5.11 Å². The van der Waals surface area contributed by atoms with Gasteiger partial charge in [0.15, 0.2) is 0 Å². The molecule has 0 fully saturated rings. The minimum Gasteiger partial charge on any atom is -0.478 e. The van der Waals surface area contributed by atoms with Crippen molar-refractivity contribution in [1.82, 2.24) is 0 Å². The van der Waals surface area contributed by atoms with E-state index < -0.39 is 5.97 Å². The average molecular weight is 226 g/mol. The Bertz CT molecular complexity index is 510. The van der Waals surface area contributed by atoms with Crippen molar-refractivity contribution in [1.29, 1.82) is 0 Å². The topological polar surface area (TPSA) is 37.3 Å². The van der Waals surface area contributed by atoms with E-state index in [1.807, 2.05) is 12.1 Å². The number of aromatic carboxylic acids is 1. The summed E-state index contributed by atoms with van der Waals surface area (Å²) < 4.78 is 0. The number of carboxylic acids is 1. The number of benzene rings is 2. The molecule has 86 valence electrons. The lowest BCUT2D eigenvalue weighted by Crippen LogP contribution is -1.94. The van der Waals surface area contributed by atoms with Gasteiger partial charge < -0.3 is 5.11 Å². The maximum Gasteiger partial charge on any atom is 0.335 e. The van der Waals surface area contributed by atoms with Crippen molar-refractivity contribution >= 4 is 5.97 Å². The maximum absolute atomic E-state index is 10.7. The van der Waals surface area contributed by atoms with Crippen molar-refractivity contribution in [2.24, 2.45) is 0 Å². The molecule has 0 unspecified atom stereocenters. The molecule has 17 heavy (non-hydrogen) atoms. The highest BCUT2D eigenvalue weighted by atomic mass is 16.4. The second-order valence-electron chi connectivity index (χ2n) is 3.93. The molecule has 2 aromatic rings. The van der Waals surface area contributed by atoms with Crippen LogP contribution in [0, 0.1) is 0 Å². The summed E-state index contributed by atoms with van der Waals surface area (Å²) >= 11 is 0. The van der Waals surface area contributed by atoms with E-state index >= 15 is 0 Å². The first kappa shape index (κ1) is 11.4. The number of hydrogen-bond donors (Lipinski definition) is 1. The number of carboxylic acid groups (broad SMARTS) is 1. The van der Waals surface area contributed by atoms with Crippen molar-refractivity contribution in [3.05, 3.63) is 59.7 Å². The largest absolute Gasteiger partial charge is 0.478 e. The van der Waals surface area contributed by atoms with E-state index in [-0.39, 0.29) is 0 Å². The lowest BCUT2D eigenvalue weighted by molar-refractivity contribution is 0.0697. The molecular weight excluding hydrogens is 212 g/mol. The summed E-state index contributed by atoms with van der Waals surface area (Å²) in [6.07, 6.45) is 1.03. The lowest BCUT2D eigenvalue weighted by Gasteiger charge is -2.03. The fourth-order valence-electron chi connectivity index (χ4n) is 1.74. The van der Waals surface area contributed by atoms with Crippen LogP contribution in [-0.4, -0.2) is 11.1 Å². The summed E-state index contributed by atoms with van der Waals surface area (Å²) in [7, 11) is 0. The molecule has 0 aliphatic rings. The molecule has 0 radical (unpaired) electrons. The van der Waals surface area contributed by atoms with Crippen molar-refractivity contribution in [3.8, 4) is 11.1 Å². The van der Waals surface area contributed by atoms with Crippen LogP contribution in [-0.2, 0) is 6.42 Å². The minimum atomic E-state index is -0.891. The fourth-order valence-corrected chi connectivity index (χ4v) is 1.74. The molecule has 0 saturated carbocycles. The third-order valence-electron chi connectivity index (χ3n) is 2.83. The second-order valence-corrected chi connectivity index (χ2v) is 3.93. The molecule has 0 saturated heterocycles. The maximum atomic E-state index is 10.7. The zero-order valence-electron chi connectivity index (χ0n) is 9.68. The predicted molar refractivity (Wildman–Crippen MR) is 68.2 cm³/mol. The molecule has 0 heterocycles. The van der Waals surface area contributed by atoms with Crippen LogP contribution in [0.4, 0.5) is 0 Å². The summed E-state index contributed by atoms with van der Waals surface area (Å²) in [6.45, 7) is 2.12. The normalized spacial score (nSPS) is 10.2. The monoisotopic (exact) mass is 226 g/mol. The Morgan fingerprint density at radius 2 is 1.41 bits per heavy atom. The molecule has 2 aromatic carbocycles. The molecule has 2 heteroatoms. The zero-order chi connectivity index (χ0) is 12.3. The van der Waals surface area contributed by atoms with Crippen LogP contribution in [0.1, 0.15) is 22.8 Å². The van der Waals surface area contributed by atoms with Crippen LogP contribution >= 0.6 is 0 Å². The van der Waals surface area contributed by atoms with Gasteiger partial charge in [0.05, 0.1) is 5.56 Å². The Hall–Kier alpha value is -2.09. The van der Waals surface area contributed by atoms with Crippen LogP contribution in [0.3, 0.4) is 0 Å². The zero-order valence-corrected chi connectivity index (χ0v) is 9.68. The molecule has 0 aromatic heterocycles. The number of rotatable bonds is 3. The first-order valence-corrected chi connectivity index (χ1v) is 5.63. The Labute approximate surface area is 101 Å². The van der Waals surface area contributed by atoms with Gasteiger partial charge in [-0.2, -0.15) is 0 Å². The third kappa shape index (κ3) is 2.53. The van der Waals surface area contributed by atoms with Crippen LogP contribution in [0.15, 0.2) is 48.5 Å². The summed E-state index contributed by atoms with van der Waals surface area (Å²) in [4.78, 5) is 10.7. The molecule has 1 N–H and O–H groups in total. The molecule has 0 aliphatic heterocycles. The van der Waals surface area contributed by atoms with Crippen LogP contribution in [0.5, 0.6) is 0 Å². The van der Waals surface area contributed by atoms with Gasteiger partial charge in [0, 0.05) is 0 Å². The molecular formula is C15H14O2. The first-order chi connectivity index (χ1) is 8.20. The molecule has 0 bridgehead atoms. The lowest BCUT2D eigenvalue weighted by atomic mass is 10.0. The molecule has 0 atom stereocenters. The van der Waals surface area contributed by atoms with Crippen LogP contribution in [0.25, 0.3) is 11.1 Å². The van der Waals surface area contributed by atoms with E-state index in [1.165, 1.54) is 5.56 Å². The van der Waals surface area contributed by atoms with Crippen molar-refractivity contribution < 1.29 is 9.90 Å². The smallest absolute Gasteiger partial charge is 0.335 e. The Balaban J connectivity index is 2.29. The van der Waals surface area contributed by atoms with Gasteiger partial charge in [-0.25, -0.2) is 4.79 Å². The van der Waals surface area contributed by atoms with Crippen LogP contribution < -0.4 is 0 Å². The summed E-state index contributed by atoms with van der Waals surface area (Å²) in [5, 5.41) is 8.81. The number of aryl methyl sites for hydroxylation is 1. The number of hydrogen-bond acceptors (Lipinski definition) is 1. The van der Waals surface area contributed by atoms with Gasteiger partial charge in [-0.3, -0.25) is 0 Å². The predicted octanol–water partition coefficient (Wildman–Crippen LogP) is 3.61. The number of carbonyl (C=O) groups is 1. The van der Waals surface area contributed by atoms with Gasteiger partial charge in [-0.15, -0.1) is 0 Å². The molecule has 2 nitrogen and oxygen atoms in total. The van der Waals surface area contributed by atoms with Gasteiger partial charge in [0.2, 0.25) is 0 Å². The minimum absolute atomic E-state index is 0.318. The van der Waals surface area contributed by atoms with Gasteiger partial charge in [0.1, 0.15) is 0 Å². The van der Waals surface area contributed by atoms with Gasteiger partial charge in [-0.05, 0) is 35.2 Å².